The highest BCUT2D eigenvalue weighted by molar-refractivity contribution is 7.99. The van der Waals surface area contributed by atoms with Crippen molar-refractivity contribution >= 4 is 35.9 Å². The molecule has 0 saturated carbocycles. The molecule has 20 heteroatoms. The van der Waals surface area contributed by atoms with Crippen LogP contribution in [0.4, 0.5) is 9.59 Å². The Bertz CT molecular complexity index is 2520. The number of hydrogen-bond acceptors (Lipinski definition) is 18. The lowest BCUT2D eigenvalue weighted by Crippen LogP contribution is -2.70. The van der Waals surface area contributed by atoms with E-state index in [1.807, 2.05) is 31.9 Å². The molecular formula is C46H55N5O14S. The van der Waals surface area contributed by atoms with Crippen molar-refractivity contribution in [2.45, 2.75) is 74.8 Å². The molecule has 0 aromatic heterocycles. The molecule has 3 aromatic carbocycles. The molecular weight excluding hydrogens is 879 g/mol. The number of piperazine rings is 1. The number of likely N-dealkylation sites (N-methyl/N-ethyl adjacent to an activating group) is 3. The van der Waals surface area contributed by atoms with Crippen LogP contribution in [0.5, 0.6) is 40.2 Å². The largest absolute Gasteiger partial charge is 0.504 e. The Labute approximate surface area is 386 Å². The van der Waals surface area contributed by atoms with Crippen molar-refractivity contribution in [3.63, 3.8) is 0 Å². The van der Waals surface area contributed by atoms with Crippen molar-refractivity contribution in [3.05, 3.63) is 62.7 Å². The maximum Gasteiger partial charge on any atom is 0.415 e. The molecule has 7 heterocycles. The first-order valence-electron chi connectivity index (χ1n) is 21.7. The van der Waals surface area contributed by atoms with Gasteiger partial charge in [0.05, 0.1) is 44.7 Å². The Balaban J connectivity index is 1.18. The second-order valence-corrected chi connectivity index (χ2v) is 18.7. The molecule has 3 aromatic rings. The van der Waals surface area contributed by atoms with E-state index in [1.54, 1.807) is 26.2 Å². The van der Waals surface area contributed by atoms with Crippen molar-refractivity contribution in [3.8, 4) is 40.2 Å². The number of benzene rings is 3. The van der Waals surface area contributed by atoms with Crippen LogP contribution in [0.15, 0.2) is 18.2 Å². The summed E-state index contributed by atoms with van der Waals surface area (Å²) in [6.07, 6.45) is -1.44. The number of rotatable bonds is 7. The first-order chi connectivity index (χ1) is 31.6. The Kier molecular flexibility index (Phi) is 11.9. The number of thioether (sulfide) groups is 1. The number of amides is 2. The highest BCUT2D eigenvalue weighted by Crippen LogP contribution is 2.64. The van der Waals surface area contributed by atoms with Gasteiger partial charge in [-0.2, -0.15) is 0 Å². The number of hydrogen-bond donors (Lipinski definition) is 3. The standard InChI is InChI=1S/C46H55N5O14S/c1-21-14-25-15-27-42(54)51-28-18-61-43(55)46(26-17-29(58-7)30(16-24(26)10-11-47-46)65-45(57)49(5)13-12-48(4)44(56)60-9)19-66-41(35(51)34(50(27)6)31(25)36(53)37(21)59-8)33-32(28)40-39(62-20-63-40)22(2)38(33)64-23(3)52/h14,16-17,27-28,34-35,41-42,47,53-54H,10-13,15,18-20H2,1-9H3/t27-,28-,34+,35+,41+,42-,46+/m0/s1. The predicted octanol–water partition coefficient (Wildman–Crippen LogP) is 3.84. The van der Waals surface area contributed by atoms with Crippen LogP contribution in [0.3, 0.4) is 0 Å². The monoisotopic (exact) mass is 933 g/mol. The van der Waals surface area contributed by atoms with Gasteiger partial charge in [-0.3, -0.25) is 19.9 Å². The average molecular weight is 934 g/mol. The van der Waals surface area contributed by atoms with Crippen molar-refractivity contribution in [2.24, 2.45) is 0 Å². The zero-order valence-corrected chi connectivity index (χ0v) is 39.2. The fraction of sp³-hybridized carbons (Fsp3) is 0.522. The number of methoxy groups -OCH3 is 3. The number of carbonyl (C=O) groups excluding carboxylic acids is 4. The van der Waals surface area contributed by atoms with Gasteiger partial charge in [0.2, 0.25) is 6.79 Å². The minimum absolute atomic E-state index is 0.00787. The molecule has 0 radical (unpaired) electrons. The van der Waals surface area contributed by atoms with E-state index >= 15 is 4.79 Å². The van der Waals surface area contributed by atoms with Gasteiger partial charge in [-0.05, 0) is 68.1 Å². The number of phenols is 1. The highest BCUT2D eigenvalue weighted by Gasteiger charge is 2.61. The molecule has 7 aliphatic heterocycles. The van der Waals surface area contributed by atoms with Crippen LogP contribution < -0.4 is 33.7 Å². The third kappa shape index (κ3) is 7.01. The summed E-state index contributed by atoms with van der Waals surface area (Å²) in [4.78, 5) is 60.2. The summed E-state index contributed by atoms with van der Waals surface area (Å²) in [6, 6.07) is 2.95. The zero-order chi connectivity index (χ0) is 47.1. The summed E-state index contributed by atoms with van der Waals surface area (Å²) in [5.74, 6) is 0.746. The third-order valence-electron chi connectivity index (χ3n) is 14.0. The number of nitrogens with zero attached hydrogens (tertiary/aromatic N) is 4. The van der Waals surface area contributed by atoms with Gasteiger partial charge in [0.25, 0.3) is 0 Å². The van der Waals surface area contributed by atoms with E-state index < -0.39 is 65.3 Å². The first-order valence-corrected chi connectivity index (χ1v) is 22.8. The molecule has 354 valence electrons. The van der Waals surface area contributed by atoms with E-state index in [0.717, 1.165) is 16.7 Å². The van der Waals surface area contributed by atoms with Gasteiger partial charge in [-0.15, -0.1) is 11.8 Å². The maximum atomic E-state index is 15.1. The number of fused-ring (bicyclic) bond motifs is 9. The summed E-state index contributed by atoms with van der Waals surface area (Å²) in [7, 11) is 9.29. The highest BCUT2D eigenvalue weighted by atomic mass is 32.2. The van der Waals surface area contributed by atoms with Gasteiger partial charge < -0.3 is 57.9 Å². The molecule has 2 saturated heterocycles. The van der Waals surface area contributed by atoms with Crippen molar-refractivity contribution in [2.75, 3.05) is 81.3 Å². The smallest absolute Gasteiger partial charge is 0.415 e. The number of ether oxygens (including phenoxy) is 8. The van der Waals surface area contributed by atoms with Crippen molar-refractivity contribution in [1.29, 1.82) is 0 Å². The van der Waals surface area contributed by atoms with Crippen LogP contribution in [0.2, 0.25) is 0 Å². The lowest BCUT2D eigenvalue weighted by Gasteiger charge is -2.62. The number of aliphatic hydroxyl groups excluding tert-OH is 1. The van der Waals surface area contributed by atoms with Crippen LogP contribution in [-0.2, 0) is 37.4 Å². The van der Waals surface area contributed by atoms with E-state index in [1.165, 1.54) is 49.8 Å². The molecule has 19 nitrogen and oxygen atoms in total. The normalized spacial score (nSPS) is 25.9. The first kappa shape index (κ1) is 45.5. The molecule has 1 spiro atoms. The number of esters is 2. The topological polar surface area (TPSA) is 208 Å². The maximum absolute atomic E-state index is 15.1. The van der Waals surface area contributed by atoms with Gasteiger partial charge in [0.1, 0.15) is 18.6 Å². The molecule has 2 fully saturated rings. The van der Waals surface area contributed by atoms with E-state index in [-0.39, 0.29) is 55.2 Å². The van der Waals surface area contributed by atoms with Crippen LogP contribution in [-0.4, -0.2) is 154 Å². The molecule has 0 unspecified atom stereocenters. The molecule has 7 aliphatic rings. The van der Waals surface area contributed by atoms with Gasteiger partial charge >= 0.3 is 24.1 Å². The summed E-state index contributed by atoms with van der Waals surface area (Å²) in [6.45, 7) is 5.38. The lowest BCUT2D eigenvalue weighted by molar-refractivity contribution is -0.186. The summed E-state index contributed by atoms with van der Waals surface area (Å²) in [5.41, 5.74) is 3.88. The van der Waals surface area contributed by atoms with E-state index in [9.17, 15) is 24.6 Å². The average Bonchev–Trinajstić information content (AvgIpc) is 3.79. The third-order valence-corrected chi connectivity index (χ3v) is 15.5. The fourth-order valence-corrected chi connectivity index (χ4v) is 12.6. The Morgan fingerprint density at radius 3 is 2.35 bits per heavy atom. The minimum Gasteiger partial charge on any atom is -0.504 e. The molecule has 2 amide bonds. The van der Waals surface area contributed by atoms with Gasteiger partial charge in [-0.25, -0.2) is 14.4 Å². The van der Waals surface area contributed by atoms with Crippen LogP contribution in [0.25, 0.3) is 0 Å². The number of carbonyl (C=O) groups is 4. The van der Waals surface area contributed by atoms with Crippen molar-refractivity contribution < 1.29 is 67.3 Å². The minimum atomic E-state index is -1.48. The number of aryl methyl sites for hydroxylation is 1. The summed E-state index contributed by atoms with van der Waals surface area (Å²) in [5, 5.41) is 27.7. The molecule has 4 bridgehead atoms. The van der Waals surface area contributed by atoms with Crippen LogP contribution >= 0.6 is 11.8 Å². The van der Waals surface area contributed by atoms with Gasteiger partial charge in [0, 0.05) is 74.7 Å². The molecule has 7 atom stereocenters. The summed E-state index contributed by atoms with van der Waals surface area (Å²) < 4.78 is 47.1. The summed E-state index contributed by atoms with van der Waals surface area (Å²) >= 11 is 1.43. The van der Waals surface area contributed by atoms with Crippen LogP contribution in [0, 0.1) is 13.8 Å². The molecule has 0 aliphatic carbocycles. The second-order valence-electron chi connectivity index (χ2n) is 17.6. The number of phenolic OH excluding ortho intramolecular Hbond substituents is 1. The number of aromatic hydroxyl groups is 1. The van der Waals surface area contributed by atoms with Gasteiger partial charge in [0.15, 0.2) is 40.0 Å². The Morgan fingerprint density at radius 1 is 0.924 bits per heavy atom. The zero-order valence-electron chi connectivity index (χ0n) is 38.3. The van der Waals surface area contributed by atoms with Gasteiger partial charge in [-0.1, -0.05) is 6.07 Å². The number of aliphatic hydroxyl groups is 1. The van der Waals surface area contributed by atoms with E-state index in [2.05, 4.69) is 10.2 Å². The predicted molar refractivity (Wildman–Crippen MR) is 237 cm³/mol. The number of nitrogens with one attached hydrogen (secondary N) is 1. The van der Waals surface area contributed by atoms with E-state index in [4.69, 9.17) is 37.9 Å². The lowest BCUT2D eigenvalue weighted by atomic mass is 9.73. The molecule has 3 N–H and O–H groups in total. The van der Waals surface area contributed by atoms with Crippen molar-refractivity contribution in [1.82, 2.24) is 24.9 Å². The SMILES string of the molecule is COC(=O)N(C)CCN(C)C(=O)Oc1cc2c(cc1OC)[C@@]1(CS[C@@H]3c4c(OC(C)=O)c(C)c5c(c4[C@H](COC1=O)N1[C@@H]3[C@H]3c4c(cc(C)c(OC)c4O)C[C@@H]([C@@H]1O)N3C)OCO5)NCC2. The van der Waals surface area contributed by atoms with Crippen LogP contribution in [0.1, 0.15) is 68.8 Å². The molecule has 10 rings (SSSR count). The fourth-order valence-electron chi connectivity index (χ4n) is 10.9. The van der Waals surface area contributed by atoms with E-state index in [0.29, 0.717) is 64.5 Å². The quantitative estimate of drug-likeness (QED) is 0.227. The Hall–Kier alpha value is -5.67. The molecule has 66 heavy (non-hydrogen) atoms. The second kappa shape index (κ2) is 17.2. The Morgan fingerprint density at radius 2 is 1.65 bits per heavy atom.